The van der Waals surface area contributed by atoms with E-state index in [1.807, 2.05) is 43.3 Å². The van der Waals surface area contributed by atoms with Gasteiger partial charge in [-0.1, -0.05) is 36.4 Å². The molecule has 0 aliphatic carbocycles. The van der Waals surface area contributed by atoms with Crippen molar-refractivity contribution < 1.29 is 15.0 Å². The van der Waals surface area contributed by atoms with E-state index < -0.39 is 5.97 Å². The van der Waals surface area contributed by atoms with Gasteiger partial charge in [0.05, 0.1) is 5.56 Å². The minimum Gasteiger partial charge on any atom is -0.507 e. The van der Waals surface area contributed by atoms with E-state index in [1.54, 1.807) is 6.07 Å². The van der Waals surface area contributed by atoms with Gasteiger partial charge in [0.25, 0.3) is 0 Å². The van der Waals surface area contributed by atoms with Gasteiger partial charge in [0, 0.05) is 5.56 Å². The first-order chi connectivity index (χ1) is 10.1. The lowest BCUT2D eigenvalue weighted by molar-refractivity contribution is 0.0696. The number of carboxylic acids is 1. The average molecular weight is 278 g/mol. The molecule has 0 radical (unpaired) electrons. The van der Waals surface area contributed by atoms with E-state index in [1.165, 1.54) is 12.1 Å². The largest absolute Gasteiger partial charge is 0.507 e. The van der Waals surface area contributed by atoms with E-state index in [2.05, 4.69) is 0 Å². The Balaban J connectivity index is 2.30. The minimum atomic E-state index is -1.05. The molecule has 21 heavy (non-hydrogen) atoms. The summed E-state index contributed by atoms with van der Waals surface area (Å²) in [5.41, 5.74) is 2.69. The molecule has 0 spiro atoms. The number of phenolic OH excluding ortho intramolecular Hbond substituents is 1. The average Bonchev–Trinajstić information content (AvgIpc) is 2.48. The molecule has 3 aromatic carbocycles. The highest BCUT2D eigenvalue weighted by Crippen LogP contribution is 2.37. The molecule has 0 heterocycles. The van der Waals surface area contributed by atoms with E-state index in [0.717, 1.165) is 21.9 Å². The number of aromatic carboxylic acids is 1. The topological polar surface area (TPSA) is 57.5 Å². The number of benzene rings is 3. The van der Waals surface area contributed by atoms with Gasteiger partial charge >= 0.3 is 5.97 Å². The molecular weight excluding hydrogens is 264 g/mol. The predicted molar refractivity (Wildman–Crippen MR) is 82.7 cm³/mol. The molecule has 0 fully saturated rings. The minimum absolute atomic E-state index is 0.0191. The van der Waals surface area contributed by atoms with E-state index >= 15 is 0 Å². The fourth-order valence-corrected chi connectivity index (χ4v) is 2.61. The molecule has 104 valence electrons. The summed E-state index contributed by atoms with van der Waals surface area (Å²) >= 11 is 0. The molecule has 0 atom stereocenters. The summed E-state index contributed by atoms with van der Waals surface area (Å²) in [5.74, 6) is -1.07. The highest BCUT2D eigenvalue weighted by atomic mass is 16.4. The van der Waals surface area contributed by atoms with Crippen molar-refractivity contribution in [2.45, 2.75) is 6.92 Å². The number of rotatable bonds is 2. The molecule has 0 aliphatic heterocycles. The SMILES string of the molecule is Cc1ccc2ccccc2c1-c1ccc(C(=O)O)cc1O. The normalized spacial score (nSPS) is 10.7. The molecule has 0 amide bonds. The molecular formula is C18H14O3. The summed E-state index contributed by atoms with van der Waals surface area (Å²) < 4.78 is 0. The predicted octanol–water partition coefficient (Wildman–Crippen LogP) is 4.22. The van der Waals surface area contributed by atoms with Crippen LogP contribution < -0.4 is 0 Å². The van der Waals surface area contributed by atoms with Crippen molar-refractivity contribution >= 4 is 16.7 Å². The second kappa shape index (κ2) is 4.94. The lowest BCUT2D eigenvalue weighted by atomic mass is 9.93. The number of hydrogen-bond donors (Lipinski definition) is 2. The molecule has 0 saturated heterocycles. The van der Waals surface area contributed by atoms with Crippen molar-refractivity contribution in [3.63, 3.8) is 0 Å². The molecule has 0 aromatic heterocycles. The van der Waals surface area contributed by atoms with Gasteiger partial charge in [0.2, 0.25) is 0 Å². The summed E-state index contributed by atoms with van der Waals surface area (Å²) in [5, 5.41) is 21.3. The Bertz CT molecular complexity index is 850. The van der Waals surface area contributed by atoms with Gasteiger partial charge in [0.1, 0.15) is 5.75 Å². The van der Waals surface area contributed by atoms with E-state index in [4.69, 9.17) is 5.11 Å². The van der Waals surface area contributed by atoms with Gasteiger partial charge < -0.3 is 10.2 Å². The summed E-state index contributed by atoms with van der Waals surface area (Å²) in [6.07, 6.45) is 0. The molecule has 0 aliphatic rings. The second-order valence-corrected chi connectivity index (χ2v) is 5.02. The maximum Gasteiger partial charge on any atom is 0.335 e. The van der Waals surface area contributed by atoms with Crippen LogP contribution in [0.15, 0.2) is 54.6 Å². The quantitative estimate of drug-likeness (QED) is 0.738. The Morgan fingerprint density at radius 2 is 1.76 bits per heavy atom. The number of carbonyl (C=O) groups is 1. The maximum absolute atomic E-state index is 11.0. The fourth-order valence-electron chi connectivity index (χ4n) is 2.61. The molecule has 0 unspecified atom stereocenters. The van der Waals surface area contributed by atoms with Crippen LogP contribution in [0, 0.1) is 6.92 Å². The monoisotopic (exact) mass is 278 g/mol. The van der Waals surface area contributed by atoms with Gasteiger partial charge in [-0.2, -0.15) is 0 Å². The number of hydrogen-bond acceptors (Lipinski definition) is 2. The van der Waals surface area contributed by atoms with Crippen LogP contribution in [-0.4, -0.2) is 16.2 Å². The van der Waals surface area contributed by atoms with Crippen LogP contribution >= 0.6 is 0 Å². The van der Waals surface area contributed by atoms with Crippen LogP contribution in [0.1, 0.15) is 15.9 Å². The zero-order valence-electron chi connectivity index (χ0n) is 11.5. The Kier molecular flexibility index (Phi) is 3.10. The van der Waals surface area contributed by atoms with Crippen LogP contribution in [0.3, 0.4) is 0 Å². The van der Waals surface area contributed by atoms with Gasteiger partial charge in [0.15, 0.2) is 0 Å². The lowest BCUT2D eigenvalue weighted by Gasteiger charge is -2.12. The van der Waals surface area contributed by atoms with E-state index in [9.17, 15) is 9.90 Å². The Hall–Kier alpha value is -2.81. The van der Waals surface area contributed by atoms with Crippen LogP contribution in [0.2, 0.25) is 0 Å². The van der Waals surface area contributed by atoms with Crippen LogP contribution in [0.25, 0.3) is 21.9 Å². The first-order valence-electron chi connectivity index (χ1n) is 6.63. The number of aryl methyl sites for hydroxylation is 1. The molecule has 0 bridgehead atoms. The zero-order valence-corrected chi connectivity index (χ0v) is 11.5. The molecule has 3 rings (SSSR count). The molecule has 3 heteroatoms. The number of aromatic hydroxyl groups is 1. The smallest absolute Gasteiger partial charge is 0.335 e. The van der Waals surface area contributed by atoms with Crippen molar-refractivity contribution in [2.75, 3.05) is 0 Å². The number of fused-ring (bicyclic) bond motifs is 1. The molecule has 3 aromatic rings. The third-order valence-corrected chi connectivity index (χ3v) is 3.65. The molecule has 2 N–H and O–H groups in total. The highest BCUT2D eigenvalue weighted by Gasteiger charge is 2.13. The van der Waals surface area contributed by atoms with Gasteiger partial charge in [-0.05, 0) is 47.0 Å². The first-order valence-corrected chi connectivity index (χ1v) is 6.63. The summed E-state index contributed by atoms with van der Waals surface area (Å²) in [6, 6.07) is 16.4. The van der Waals surface area contributed by atoms with Crippen molar-refractivity contribution in [2.24, 2.45) is 0 Å². The Morgan fingerprint density at radius 3 is 2.48 bits per heavy atom. The van der Waals surface area contributed by atoms with Crippen molar-refractivity contribution in [1.29, 1.82) is 0 Å². The van der Waals surface area contributed by atoms with Gasteiger partial charge in [-0.25, -0.2) is 4.79 Å². The van der Waals surface area contributed by atoms with Crippen LogP contribution in [0.5, 0.6) is 5.75 Å². The van der Waals surface area contributed by atoms with Crippen LogP contribution in [0.4, 0.5) is 0 Å². The van der Waals surface area contributed by atoms with Crippen molar-refractivity contribution in [3.8, 4) is 16.9 Å². The van der Waals surface area contributed by atoms with E-state index in [0.29, 0.717) is 5.56 Å². The highest BCUT2D eigenvalue weighted by molar-refractivity contribution is 6.00. The molecule has 0 saturated carbocycles. The third kappa shape index (κ3) is 2.23. The van der Waals surface area contributed by atoms with Gasteiger partial charge in [-0.3, -0.25) is 0 Å². The zero-order chi connectivity index (χ0) is 15.0. The maximum atomic E-state index is 11.0. The Morgan fingerprint density at radius 1 is 1.00 bits per heavy atom. The summed E-state index contributed by atoms with van der Waals surface area (Å²) in [6.45, 7) is 1.98. The van der Waals surface area contributed by atoms with Gasteiger partial charge in [-0.15, -0.1) is 0 Å². The second-order valence-electron chi connectivity index (χ2n) is 5.02. The Labute approximate surface area is 122 Å². The van der Waals surface area contributed by atoms with Crippen molar-refractivity contribution in [3.05, 3.63) is 65.7 Å². The summed E-state index contributed by atoms with van der Waals surface area (Å²) in [4.78, 5) is 11.0. The molecule has 3 nitrogen and oxygen atoms in total. The van der Waals surface area contributed by atoms with Crippen LogP contribution in [-0.2, 0) is 0 Å². The summed E-state index contributed by atoms with van der Waals surface area (Å²) in [7, 11) is 0. The van der Waals surface area contributed by atoms with E-state index in [-0.39, 0.29) is 11.3 Å². The fraction of sp³-hybridized carbons (Fsp3) is 0.0556. The first kappa shape index (κ1) is 13.2. The lowest BCUT2D eigenvalue weighted by Crippen LogP contribution is -1.96. The third-order valence-electron chi connectivity index (χ3n) is 3.65. The number of carboxylic acid groups (broad SMARTS) is 1. The van der Waals surface area contributed by atoms with Crippen molar-refractivity contribution in [1.82, 2.24) is 0 Å². The standard InChI is InChI=1S/C18H14O3/c1-11-6-7-12-4-2-3-5-14(12)17(11)15-9-8-13(18(20)21)10-16(15)19/h2-10,19H,1H3,(H,20,21). The number of phenols is 1.